The topological polar surface area (TPSA) is 0 Å². The van der Waals surface area contributed by atoms with Gasteiger partial charge >= 0.3 is 0 Å². The average molecular weight is 105 g/mol. The molecule has 0 atom stereocenters. The van der Waals surface area contributed by atoms with Crippen molar-refractivity contribution < 1.29 is 4.39 Å². The van der Waals surface area contributed by atoms with Crippen LogP contribution in [0.5, 0.6) is 0 Å². The Morgan fingerprint density at radius 2 is 1.75 bits per heavy atom. The van der Waals surface area contributed by atoms with Gasteiger partial charge in [-0.2, -0.15) is 0 Å². The van der Waals surface area contributed by atoms with Crippen LogP contribution in [-0.2, 0) is 0 Å². The maximum Gasteiger partial charge on any atom is 0.163 e. The van der Waals surface area contributed by atoms with E-state index in [2.05, 4.69) is 11.6 Å². The van der Waals surface area contributed by atoms with Crippen LogP contribution in [0.15, 0.2) is 0 Å². The molecule has 0 rings (SSSR count). The van der Waals surface area contributed by atoms with Crippen molar-refractivity contribution >= 4 is 24.0 Å². The fraction of sp³-hybridized carbons (Fsp3) is 1.00. The maximum absolute atomic E-state index is 10.1. The fourth-order valence-electron chi connectivity index (χ4n) is 0. The Morgan fingerprint density at radius 1 is 1.75 bits per heavy atom. The monoisotopic (exact) mass is 104 g/mol. The highest BCUT2D eigenvalue weighted by molar-refractivity contribution is 6.16. The van der Waals surface area contributed by atoms with E-state index in [1.807, 2.05) is 0 Å². The van der Waals surface area contributed by atoms with Crippen LogP contribution in [-0.4, -0.2) is 6.13 Å². The molecule has 0 bridgehead atoms. The molecule has 0 N–H and O–H groups in total. The maximum atomic E-state index is 10.1. The van der Waals surface area contributed by atoms with Gasteiger partial charge in [0, 0.05) is 0 Å². The standard InChI is InChI=1S/CH2ClF.ClH/c2-1-3;/h1H2;1H. The normalized spacial score (nSPS) is 4.50. The highest BCUT2D eigenvalue weighted by atomic mass is 35.5. The summed E-state index contributed by atoms with van der Waals surface area (Å²) in [5, 5.41) is 0. The van der Waals surface area contributed by atoms with Gasteiger partial charge in [-0.15, -0.1) is 12.4 Å². The highest BCUT2D eigenvalue weighted by Crippen LogP contribution is 1.65. The molecule has 0 fully saturated rings. The van der Waals surface area contributed by atoms with Crippen LogP contribution in [0.4, 0.5) is 4.39 Å². The second kappa shape index (κ2) is 9.70. The molecule has 3 heteroatoms. The Morgan fingerprint density at radius 3 is 1.75 bits per heavy atom. The zero-order valence-corrected chi connectivity index (χ0v) is 3.44. The molecule has 0 unspecified atom stereocenters. The predicted molar refractivity (Wildman–Crippen MR) is 19.1 cm³/mol. The van der Waals surface area contributed by atoms with Gasteiger partial charge in [-0.05, 0) is 0 Å². The van der Waals surface area contributed by atoms with E-state index in [0.717, 1.165) is 0 Å². The van der Waals surface area contributed by atoms with Gasteiger partial charge in [-0.25, -0.2) is 4.39 Å². The molecule has 0 saturated heterocycles. The van der Waals surface area contributed by atoms with Crippen LogP contribution < -0.4 is 0 Å². The summed E-state index contributed by atoms with van der Waals surface area (Å²) in [7, 11) is 0. The zero-order chi connectivity index (χ0) is 2.71. The Bertz CT molecular complexity index is 6.00. The molecule has 28 valence electrons. The third-order valence-corrected chi connectivity index (χ3v) is 0. The van der Waals surface area contributed by atoms with Gasteiger partial charge in [0.05, 0.1) is 0 Å². The van der Waals surface area contributed by atoms with Crippen LogP contribution in [0.2, 0.25) is 0 Å². The summed E-state index contributed by atoms with van der Waals surface area (Å²) in [5.41, 5.74) is 0. The molecular formula is CH3Cl2F. The van der Waals surface area contributed by atoms with Gasteiger partial charge in [0.2, 0.25) is 0 Å². The van der Waals surface area contributed by atoms with E-state index in [1.54, 1.807) is 0 Å². The molecule has 0 spiro atoms. The first-order valence-corrected chi connectivity index (χ1v) is 1.07. The lowest BCUT2D eigenvalue weighted by Crippen LogP contribution is -1.29. The predicted octanol–water partition coefficient (Wildman–Crippen LogP) is 1.57. The van der Waals surface area contributed by atoms with Gasteiger partial charge in [0.25, 0.3) is 0 Å². The van der Waals surface area contributed by atoms with Crippen molar-refractivity contribution in [2.24, 2.45) is 0 Å². The molecular weight excluding hydrogens is 102 g/mol. The lowest BCUT2D eigenvalue weighted by Gasteiger charge is -1.42. The van der Waals surface area contributed by atoms with Crippen LogP contribution in [0, 0.1) is 0 Å². The minimum absolute atomic E-state index is 0. The van der Waals surface area contributed by atoms with Gasteiger partial charge < -0.3 is 0 Å². The van der Waals surface area contributed by atoms with Crippen molar-refractivity contribution in [2.45, 2.75) is 0 Å². The van der Waals surface area contributed by atoms with E-state index in [0.29, 0.717) is 0 Å². The third kappa shape index (κ3) is 22.0. The first kappa shape index (κ1) is 8.82. The van der Waals surface area contributed by atoms with Gasteiger partial charge in [0.1, 0.15) is 0 Å². The quantitative estimate of drug-likeness (QED) is 0.410. The van der Waals surface area contributed by atoms with Crippen molar-refractivity contribution in [1.29, 1.82) is 0 Å². The largest absolute Gasteiger partial charge is 0.234 e. The lowest BCUT2D eigenvalue weighted by molar-refractivity contribution is 0.599. The molecule has 4 heavy (non-hydrogen) atoms. The molecule has 0 aliphatic heterocycles. The Balaban J connectivity index is 0. The van der Waals surface area contributed by atoms with Crippen LogP contribution in [0.25, 0.3) is 0 Å². The van der Waals surface area contributed by atoms with E-state index < -0.39 is 6.13 Å². The Hall–Kier alpha value is 0.510. The summed E-state index contributed by atoms with van der Waals surface area (Å²) in [6, 6.07) is 0. The summed E-state index contributed by atoms with van der Waals surface area (Å²) in [6.07, 6.45) is -0.778. The molecule has 0 amide bonds. The molecule has 0 aromatic carbocycles. The number of rotatable bonds is 0. The summed E-state index contributed by atoms with van der Waals surface area (Å²) < 4.78 is 10.1. The van der Waals surface area contributed by atoms with E-state index in [9.17, 15) is 4.39 Å². The van der Waals surface area contributed by atoms with E-state index in [1.165, 1.54) is 0 Å². The minimum Gasteiger partial charge on any atom is -0.234 e. The van der Waals surface area contributed by atoms with Crippen LogP contribution in [0.1, 0.15) is 0 Å². The lowest BCUT2D eigenvalue weighted by atomic mass is 11.8. The van der Waals surface area contributed by atoms with E-state index >= 15 is 0 Å². The summed E-state index contributed by atoms with van der Waals surface area (Å²) in [4.78, 5) is 0. The zero-order valence-electron chi connectivity index (χ0n) is 1.87. The molecule has 0 aromatic heterocycles. The smallest absolute Gasteiger partial charge is 0.163 e. The van der Waals surface area contributed by atoms with Gasteiger partial charge in [-0.3, -0.25) is 0 Å². The Labute approximate surface area is 35.4 Å². The van der Waals surface area contributed by atoms with Gasteiger partial charge in [-0.1, -0.05) is 11.6 Å². The SMILES string of the molecule is Cl.FCCl. The first-order valence-electron chi connectivity index (χ1n) is 0.535. The average Bonchev–Trinajstić information content (AvgIpc) is 0.918. The summed E-state index contributed by atoms with van der Waals surface area (Å²) >= 11 is 4.33. The molecule has 0 radical (unpaired) electrons. The molecule has 0 aromatic rings. The van der Waals surface area contributed by atoms with E-state index in [4.69, 9.17) is 0 Å². The summed E-state index contributed by atoms with van der Waals surface area (Å²) in [6.45, 7) is 0. The summed E-state index contributed by atoms with van der Waals surface area (Å²) in [5.74, 6) is 0. The van der Waals surface area contributed by atoms with Crippen LogP contribution in [0.3, 0.4) is 0 Å². The number of hydrogen-bond donors (Lipinski definition) is 0. The van der Waals surface area contributed by atoms with Crippen LogP contribution >= 0.6 is 24.0 Å². The molecule has 0 heterocycles. The number of hydrogen-bond acceptors (Lipinski definition) is 0. The Kier molecular flexibility index (Phi) is 21.4. The van der Waals surface area contributed by atoms with Crippen molar-refractivity contribution in [3.8, 4) is 0 Å². The number of alkyl halides is 2. The number of halogens is 3. The van der Waals surface area contributed by atoms with E-state index in [-0.39, 0.29) is 12.4 Å². The highest BCUT2D eigenvalue weighted by Gasteiger charge is 1.43. The molecule has 0 saturated carbocycles. The fourth-order valence-corrected chi connectivity index (χ4v) is 0. The molecule has 0 nitrogen and oxygen atoms in total. The minimum atomic E-state index is -0.778. The van der Waals surface area contributed by atoms with Gasteiger partial charge in [0.15, 0.2) is 6.13 Å². The molecule has 0 aliphatic rings. The van der Waals surface area contributed by atoms with Crippen molar-refractivity contribution in [1.82, 2.24) is 0 Å². The second-order valence-corrected chi connectivity index (χ2v) is 0.303. The third-order valence-electron chi connectivity index (χ3n) is 0. The molecule has 0 aliphatic carbocycles. The first-order chi connectivity index (χ1) is 1.41. The van der Waals surface area contributed by atoms with Crippen molar-refractivity contribution in [3.63, 3.8) is 0 Å². The van der Waals surface area contributed by atoms with Crippen molar-refractivity contribution in [3.05, 3.63) is 0 Å². The van der Waals surface area contributed by atoms with Crippen molar-refractivity contribution in [2.75, 3.05) is 6.13 Å². The second-order valence-electron chi connectivity index (χ2n) is 0.101.